The van der Waals surface area contributed by atoms with Gasteiger partial charge >= 0.3 is 0 Å². The third-order valence-corrected chi connectivity index (χ3v) is 1.68. The van der Waals surface area contributed by atoms with Crippen molar-refractivity contribution in [3.8, 4) is 0 Å². The summed E-state index contributed by atoms with van der Waals surface area (Å²) in [6.07, 6.45) is 0. The summed E-state index contributed by atoms with van der Waals surface area (Å²) in [7, 11) is 9.16. The van der Waals surface area contributed by atoms with E-state index in [1.807, 2.05) is 43.3 Å². The molecule has 2 radical (unpaired) electrons. The zero-order valence-corrected chi connectivity index (χ0v) is 23.6. The van der Waals surface area contributed by atoms with Crippen LogP contribution in [0, 0.1) is 7.43 Å². The van der Waals surface area contributed by atoms with Crippen LogP contribution in [0.5, 0.6) is 0 Å². The second-order valence-corrected chi connectivity index (χ2v) is 3.41. The minimum atomic E-state index is 0. The van der Waals surface area contributed by atoms with E-state index in [0.29, 0.717) is 20.0 Å². The van der Waals surface area contributed by atoms with E-state index in [4.69, 9.17) is 5.11 Å². The molecule has 0 amide bonds. The molecule has 0 saturated heterocycles. The molecule has 0 unspecified atom stereocenters. The molecular formula is C18H39O6Y2-. The average Bonchev–Trinajstić information content (AvgIpc) is 2.65. The van der Waals surface area contributed by atoms with E-state index < -0.39 is 0 Å². The Morgan fingerprint density at radius 2 is 0.808 bits per heavy atom. The van der Waals surface area contributed by atoms with Gasteiger partial charge in [-0.25, -0.2) is 0 Å². The number of rotatable bonds is 6. The van der Waals surface area contributed by atoms with Gasteiger partial charge in [-0.05, 0) is 6.92 Å². The zero-order valence-electron chi connectivity index (χ0n) is 17.9. The molecule has 154 valence electrons. The average molecular weight is 529 g/mol. The van der Waals surface area contributed by atoms with Gasteiger partial charge in [-0.3, -0.25) is 0 Å². The van der Waals surface area contributed by atoms with Gasteiger partial charge in [-0.2, -0.15) is 0 Å². The topological polar surface area (TPSA) is 66.4 Å². The van der Waals surface area contributed by atoms with Crippen LogP contribution in [0.25, 0.3) is 0 Å². The maximum absolute atomic E-state index is 7.00. The molecule has 0 heterocycles. The van der Waals surface area contributed by atoms with E-state index in [1.54, 1.807) is 35.5 Å². The molecule has 0 bridgehead atoms. The predicted molar refractivity (Wildman–Crippen MR) is 101 cm³/mol. The quantitative estimate of drug-likeness (QED) is 0.348. The standard InChI is InChI=1S/C6H6.C4H10O2.C3H8O2.C3H8O.CH4O.CH3.2Y/c1-2-4-6-5-3-1;1-5-3-4-6-2;1-4-3-5-2;1-3-4-2;1-2;;;/h1-6H;3-4H2,1-2H3;3H2,1-2H3;3H2,1-2H3;2H,1H3;1H3;;/q;;;;;-1;;. The summed E-state index contributed by atoms with van der Waals surface area (Å²) < 4.78 is 22.8. The first-order valence-corrected chi connectivity index (χ1v) is 7.14. The normalized spacial score (nSPS) is 6.92. The Kier molecular flexibility index (Phi) is 112. The fourth-order valence-corrected chi connectivity index (χ4v) is 0.669. The molecular weight excluding hydrogens is 490 g/mol. The number of hydrogen-bond acceptors (Lipinski definition) is 6. The van der Waals surface area contributed by atoms with Crippen LogP contribution in [-0.2, 0) is 89.1 Å². The summed E-state index contributed by atoms with van der Waals surface area (Å²) in [5.74, 6) is 0. The van der Waals surface area contributed by atoms with Gasteiger partial charge in [-0.1, -0.05) is 36.4 Å². The van der Waals surface area contributed by atoms with Gasteiger partial charge in [0.15, 0.2) is 0 Å². The van der Waals surface area contributed by atoms with Crippen molar-refractivity contribution in [2.75, 3.05) is 69.3 Å². The molecule has 0 aliphatic carbocycles. The summed E-state index contributed by atoms with van der Waals surface area (Å²) in [6.45, 7) is 4.55. The second-order valence-electron chi connectivity index (χ2n) is 3.41. The van der Waals surface area contributed by atoms with Gasteiger partial charge in [-0.15, -0.1) is 0 Å². The van der Waals surface area contributed by atoms with Gasteiger partial charge < -0.3 is 36.2 Å². The van der Waals surface area contributed by atoms with E-state index in [0.717, 1.165) is 13.7 Å². The predicted octanol–water partition coefficient (Wildman–Crippen LogP) is 2.91. The monoisotopic (exact) mass is 529 g/mol. The number of methoxy groups -OCH3 is 5. The summed E-state index contributed by atoms with van der Waals surface area (Å²) >= 11 is 0. The van der Waals surface area contributed by atoms with Crippen LogP contribution in [0.4, 0.5) is 0 Å². The van der Waals surface area contributed by atoms with Crippen molar-refractivity contribution in [2.45, 2.75) is 6.92 Å². The molecule has 0 spiro atoms. The number of hydrogen-bond donors (Lipinski definition) is 1. The molecule has 8 heteroatoms. The fourth-order valence-electron chi connectivity index (χ4n) is 0.669. The second kappa shape index (κ2) is 63.4. The summed E-state index contributed by atoms with van der Waals surface area (Å²) in [5, 5.41) is 7.00. The van der Waals surface area contributed by atoms with Crippen LogP contribution in [0.15, 0.2) is 36.4 Å². The SMILES string of the molecule is CCOC.CO.COCCOC.COCOC.[CH3-].[Y].[Y].c1ccccc1. The van der Waals surface area contributed by atoms with Crippen molar-refractivity contribution in [2.24, 2.45) is 0 Å². The summed E-state index contributed by atoms with van der Waals surface area (Å²) in [5.41, 5.74) is 0. The van der Waals surface area contributed by atoms with Crippen molar-refractivity contribution >= 4 is 0 Å². The molecule has 1 rings (SSSR count). The van der Waals surface area contributed by atoms with Crippen LogP contribution in [-0.4, -0.2) is 74.4 Å². The Labute approximate surface area is 212 Å². The molecule has 0 aliphatic heterocycles. The Balaban J connectivity index is -0.0000000349. The van der Waals surface area contributed by atoms with E-state index in [9.17, 15) is 0 Å². The minimum absolute atomic E-state index is 0. The maximum Gasteiger partial charge on any atom is 0.145 e. The first-order chi connectivity index (χ1) is 11.2. The number of aliphatic hydroxyl groups is 1. The van der Waals surface area contributed by atoms with E-state index >= 15 is 0 Å². The molecule has 0 aromatic heterocycles. The largest absolute Gasteiger partial charge is 0.400 e. The fraction of sp³-hybridized carbons (Fsp3) is 0.611. The van der Waals surface area contributed by atoms with Gasteiger partial charge in [0.2, 0.25) is 0 Å². The van der Waals surface area contributed by atoms with Crippen LogP contribution in [0.3, 0.4) is 0 Å². The Hall–Kier alpha value is 1.19. The molecule has 1 N–H and O–H groups in total. The van der Waals surface area contributed by atoms with Gasteiger partial charge in [0, 0.05) is 115 Å². The molecule has 0 atom stereocenters. The molecule has 6 nitrogen and oxygen atoms in total. The van der Waals surface area contributed by atoms with Crippen molar-refractivity contribution in [3.05, 3.63) is 43.8 Å². The number of ether oxygens (including phenoxy) is 5. The molecule has 1 aromatic rings. The van der Waals surface area contributed by atoms with Crippen LogP contribution < -0.4 is 0 Å². The maximum atomic E-state index is 7.00. The Bertz CT molecular complexity index is 197. The van der Waals surface area contributed by atoms with Crippen molar-refractivity contribution < 1.29 is 94.2 Å². The van der Waals surface area contributed by atoms with Gasteiger partial charge in [0.1, 0.15) is 6.79 Å². The van der Waals surface area contributed by atoms with Crippen molar-refractivity contribution in [1.82, 2.24) is 0 Å². The first kappa shape index (κ1) is 45.8. The Morgan fingerprint density at radius 1 is 0.577 bits per heavy atom. The molecule has 0 fully saturated rings. The van der Waals surface area contributed by atoms with E-state index in [1.165, 1.54) is 0 Å². The van der Waals surface area contributed by atoms with Crippen LogP contribution in [0.1, 0.15) is 6.92 Å². The third kappa shape index (κ3) is 84.7. The molecule has 0 saturated carbocycles. The smallest absolute Gasteiger partial charge is 0.145 e. The molecule has 0 aliphatic rings. The molecule has 26 heavy (non-hydrogen) atoms. The molecule has 1 aromatic carbocycles. The minimum Gasteiger partial charge on any atom is -0.400 e. The van der Waals surface area contributed by atoms with Crippen LogP contribution >= 0.6 is 0 Å². The van der Waals surface area contributed by atoms with E-state index in [-0.39, 0.29) is 72.8 Å². The third-order valence-electron chi connectivity index (χ3n) is 1.68. The van der Waals surface area contributed by atoms with E-state index in [2.05, 4.69) is 23.7 Å². The summed E-state index contributed by atoms with van der Waals surface area (Å²) in [6, 6.07) is 12.0. The Morgan fingerprint density at radius 3 is 0.885 bits per heavy atom. The first-order valence-electron chi connectivity index (χ1n) is 7.14. The number of aliphatic hydroxyl groups excluding tert-OH is 1. The van der Waals surface area contributed by atoms with Gasteiger partial charge in [0.05, 0.1) is 13.2 Å². The van der Waals surface area contributed by atoms with Crippen LogP contribution in [0.2, 0.25) is 0 Å². The van der Waals surface area contributed by atoms with Crippen molar-refractivity contribution in [1.29, 1.82) is 0 Å². The zero-order chi connectivity index (χ0) is 18.6. The summed E-state index contributed by atoms with van der Waals surface area (Å²) in [4.78, 5) is 0. The number of benzene rings is 1. The van der Waals surface area contributed by atoms with Gasteiger partial charge in [0.25, 0.3) is 0 Å². The van der Waals surface area contributed by atoms with Crippen molar-refractivity contribution in [3.63, 3.8) is 0 Å².